The molecular formula is C15H11BrN4. The SMILES string of the molecule is Nc1cc(-c2cncc(Br)c2)cc(-c2ccccn2)n1. The van der Waals surface area contributed by atoms with Gasteiger partial charge in [-0.15, -0.1) is 0 Å². The molecule has 0 saturated heterocycles. The maximum atomic E-state index is 5.90. The van der Waals surface area contributed by atoms with Crippen molar-refractivity contribution in [2.24, 2.45) is 0 Å². The molecule has 0 amide bonds. The van der Waals surface area contributed by atoms with Gasteiger partial charge in [0.2, 0.25) is 0 Å². The second-order valence-electron chi connectivity index (χ2n) is 4.27. The Morgan fingerprint density at radius 3 is 2.60 bits per heavy atom. The Balaban J connectivity index is 2.12. The minimum atomic E-state index is 0.461. The van der Waals surface area contributed by atoms with Crippen molar-refractivity contribution < 1.29 is 0 Å². The summed E-state index contributed by atoms with van der Waals surface area (Å²) in [6, 6.07) is 11.5. The highest BCUT2D eigenvalue weighted by Gasteiger charge is 2.06. The van der Waals surface area contributed by atoms with Gasteiger partial charge in [-0.25, -0.2) is 4.98 Å². The number of hydrogen-bond acceptors (Lipinski definition) is 4. The lowest BCUT2D eigenvalue weighted by molar-refractivity contribution is 1.25. The second-order valence-corrected chi connectivity index (χ2v) is 5.19. The summed E-state index contributed by atoms with van der Waals surface area (Å²) in [5.74, 6) is 0.461. The number of nitrogens with two attached hydrogens (primary N) is 1. The van der Waals surface area contributed by atoms with Crippen molar-refractivity contribution in [3.63, 3.8) is 0 Å². The van der Waals surface area contributed by atoms with E-state index < -0.39 is 0 Å². The van der Waals surface area contributed by atoms with E-state index in [2.05, 4.69) is 30.9 Å². The van der Waals surface area contributed by atoms with Crippen molar-refractivity contribution in [1.29, 1.82) is 0 Å². The highest BCUT2D eigenvalue weighted by atomic mass is 79.9. The third-order valence-corrected chi connectivity index (χ3v) is 3.24. The zero-order chi connectivity index (χ0) is 13.9. The average Bonchev–Trinajstić information content (AvgIpc) is 2.47. The van der Waals surface area contributed by atoms with Crippen molar-refractivity contribution in [2.75, 3.05) is 5.73 Å². The molecule has 3 aromatic rings. The van der Waals surface area contributed by atoms with Crippen LogP contribution in [0.1, 0.15) is 0 Å². The van der Waals surface area contributed by atoms with Crippen LogP contribution in [0.2, 0.25) is 0 Å². The Labute approximate surface area is 124 Å². The summed E-state index contributed by atoms with van der Waals surface area (Å²) in [6.07, 6.45) is 5.27. The molecule has 3 aromatic heterocycles. The molecule has 0 aromatic carbocycles. The van der Waals surface area contributed by atoms with Crippen molar-refractivity contribution in [2.45, 2.75) is 0 Å². The maximum absolute atomic E-state index is 5.90. The summed E-state index contributed by atoms with van der Waals surface area (Å²) in [5.41, 5.74) is 9.39. The van der Waals surface area contributed by atoms with Crippen LogP contribution in [-0.4, -0.2) is 15.0 Å². The molecular weight excluding hydrogens is 316 g/mol. The van der Waals surface area contributed by atoms with E-state index in [0.29, 0.717) is 5.82 Å². The van der Waals surface area contributed by atoms with Gasteiger partial charge in [-0.2, -0.15) is 0 Å². The summed E-state index contributed by atoms with van der Waals surface area (Å²) >= 11 is 3.42. The van der Waals surface area contributed by atoms with Crippen LogP contribution >= 0.6 is 15.9 Å². The molecule has 0 bridgehead atoms. The van der Waals surface area contributed by atoms with E-state index in [1.165, 1.54) is 0 Å². The van der Waals surface area contributed by atoms with E-state index in [-0.39, 0.29) is 0 Å². The molecule has 0 saturated carbocycles. The largest absolute Gasteiger partial charge is 0.384 e. The predicted molar refractivity (Wildman–Crippen MR) is 82.8 cm³/mol. The van der Waals surface area contributed by atoms with Crippen molar-refractivity contribution in [3.8, 4) is 22.5 Å². The number of hydrogen-bond donors (Lipinski definition) is 1. The molecule has 0 aliphatic rings. The molecule has 4 nitrogen and oxygen atoms in total. The minimum absolute atomic E-state index is 0.461. The molecule has 5 heteroatoms. The zero-order valence-corrected chi connectivity index (χ0v) is 12.1. The first-order valence-corrected chi connectivity index (χ1v) is 6.81. The molecule has 0 aliphatic carbocycles. The normalized spacial score (nSPS) is 10.4. The number of aromatic nitrogens is 3. The molecule has 20 heavy (non-hydrogen) atoms. The maximum Gasteiger partial charge on any atom is 0.124 e. The van der Waals surface area contributed by atoms with Gasteiger partial charge in [-0.1, -0.05) is 6.07 Å². The van der Waals surface area contributed by atoms with E-state index in [0.717, 1.165) is 27.0 Å². The lowest BCUT2D eigenvalue weighted by Gasteiger charge is -2.06. The first-order chi connectivity index (χ1) is 9.72. The van der Waals surface area contributed by atoms with Gasteiger partial charge in [-0.3, -0.25) is 9.97 Å². The molecule has 2 N–H and O–H groups in total. The summed E-state index contributed by atoms with van der Waals surface area (Å²) in [5, 5.41) is 0. The number of halogens is 1. The van der Waals surface area contributed by atoms with Crippen molar-refractivity contribution in [3.05, 3.63) is 59.5 Å². The van der Waals surface area contributed by atoms with E-state index in [4.69, 9.17) is 5.73 Å². The highest BCUT2D eigenvalue weighted by molar-refractivity contribution is 9.10. The smallest absolute Gasteiger partial charge is 0.124 e. The van der Waals surface area contributed by atoms with Gasteiger partial charge >= 0.3 is 0 Å². The Hall–Kier alpha value is -2.27. The van der Waals surface area contributed by atoms with Crippen molar-refractivity contribution >= 4 is 21.7 Å². The van der Waals surface area contributed by atoms with E-state index in [1.54, 1.807) is 18.6 Å². The fourth-order valence-corrected chi connectivity index (χ4v) is 2.30. The number of anilines is 1. The lowest BCUT2D eigenvalue weighted by Crippen LogP contribution is -1.95. The van der Waals surface area contributed by atoms with Gasteiger partial charge in [0.05, 0.1) is 11.4 Å². The van der Waals surface area contributed by atoms with E-state index >= 15 is 0 Å². The topological polar surface area (TPSA) is 64.7 Å². The summed E-state index contributed by atoms with van der Waals surface area (Å²) in [7, 11) is 0. The monoisotopic (exact) mass is 326 g/mol. The highest BCUT2D eigenvalue weighted by Crippen LogP contribution is 2.26. The van der Waals surface area contributed by atoms with Gasteiger partial charge in [0.1, 0.15) is 5.82 Å². The molecule has 98 valence electrons. The van der Waals surface area contributed by atoms with Gasteiger partial charge in [0, 0.05) is 28.6 Å². The van der Waals surface area contributed by atoms with E-state index in [1.807, 2.05) is 36.4 Å². The fourth-order valence-electron chi connectivity index (χ4n) is 1.93. The van der Waals surface area contributed by atoms with Gasteiger partial charge in [0.25, 0.3) is 0 Å². The fraction of sp³-hybridized carbons (Fsp3) is 0. The van der Waals surface area contributed by atoms with Crippen LogP contribution in [0.25, 0.3) is 22.5 Å². The molecule has 0 spiro atoms. The summed E-state index contributed by atoms with van der Waals surface area (Å²) in [4.78, 5) is 12.8. The third-order valence-electron chi connectivity index (χ3n) is 2.81. The number of nitrogen functional groups attached to an aromatic ring is 1. The molecule has 0 radical (unpaired) electrons. The Kier molecular flexibility index (Phi) is 3.43. The van der Waals surface area contributed by atoms with Crippen LogP contribution in [0, 0.1) is 0 Å². The average molecular weight is 327 g/mol. The van der Waals surface area contributed by atoms with Crippen LogP contribution < -0.4 is 5.73 Å². The molecule has 3 rings (SSSR count). The van der Waals surface area contributed by atoms with Crippen LogP contribution in [0.4, 0.5) is 5.82 Å². The van der Waals surface area contributed by atoms with E-state index in [9.17, 15) is 0 Å². The lowest BCUT2D eigenvalue weighted by atomic mass is 10.1. The molecule has 0 fully saturated rings. The first-order valence-electron chi connectivity index (χ1n) is 6.02. The zero-order valence-electron chi connectivity index (χ0n) is 10.5. The first kappa shape index (κ1) is 12.7. The van der Waals surface area contributed by atoms with Gasteiger partial charge < -0.3 is 5.73 Å². The third kappa shape index (κ3) is 2.67. The second kappa shape index (κ2) is 5.38. The summed E-state index contributed by atoms with van der Waals surface area (Å²) < 4.78 is 0.921. The Morgan fingerprint density at radius 1 is 0.950 bits per heavy atom. The minimum Gasteiger partial charge on any atom is -0.384 e. The van der Waals surface area contributed by atoms with Crippen LogP contribution in [-0.2, 0) is 0 Å². The van der Waals surface area contributed by atoms with Gasteiger partial charge in [0.15, 0.2) is 0 Å². The number of rotatable bonds is 2. The molecule has 0 unspecified atom stereocenters. The Bertz CT molecular complexity index is 744. The summed E-state index contributed by atoms with van der Waals surface area (Å²) in [6.45, 7) is 0. The van der Waals surface area contributed by atoms with Crippen LogP contribution in [0.5, 0.6) is 0 Å². The molecule has 3 heterocycles. The van der Waals surface area contributed by atoms with Crippen LogP contribution in [0.15, 0.2) is 59.5 Å². The predicted octanol–water partition coefficient (Wildman–Crippen LogP) is 3.55. The van der Waals surface area contributed by atoms with Gasteiger partial charge in [-0.05, 0) is 51.8 Å². The van der Waals surface area contributed by atoms with Crippen LogP contribution in [0.3, 0.4) is 0 Å². The standard InChI is InChI=1S/C15H11BrN4/c16-12-5-11(8-18-9-12)10-6-14(20-15(17)7-10)13-3-1-2-4-19-13/h1-9H,(H2,17,20). The molecule has 0 atom stereocenters. The molecule has 0 aliphatic heterocycles. The number of pyridine rings is 3. The van der Waals surface area contributed by atoms with Crippen molar-refractivity contribution in [1.82, 2.24) is 15.0 Å². The number of nitrogens with zero attached hydrogens (tertiary/aromatic N) is 3. The quantitative estimate of drug-likeness (QED) is 0.782. The Morgan fingerprint density at radius 2 is 1.85 bits per heavy atom.